The molecule has 0 heterocycles. The van der Waals surface area contributed by atoms with E-state index in [0.717, 1.165) is 0 Å². The predicted octanol–water partition coefficient (Wildman–Crippen LogP) is 1.85. The van der Waals surface area contributed by atoms with Crippen molar-refractivity contribution >= 4 is 11.4 Å². The first-order chi connectivity index (χ1) is 7.99. The minimum Gasteiger partial charge on any atom is -0.495 e. The Kier molecular flexibility index (Phi) is 4.57. The van der Waals surface area contributed by atoms with E-state index in [-0.39, 0.29) is 24.3 Å². The average Bonchev–Trinajstić information content (AvgIpc) is 2.31. The lowest BCUT2D eigenvalue weighted by atomic mass is 10.0. The van der Waals surface area contributed by atoms with E-state index in [2.05, 4.69) is 5.32 Å². The van der Waals surface area contributed by atoms with Crippen LogP contribution in [-0.2, 0) is 0 Å². The first kappa shape index (κ1) is 13.6. The second-order valence-electron chi connectivity index (χ2n) is 4.17. The lowest BCUT2D eigenvalue weighted by Crippen LogP contribution is -2.26. The Morgan fingerprint density at radius 3 is 2.65 bits per heavy atom. The highest BCUT2D eigenvalue weighted by atomic mass is 19.1. The molecular weight excluding hydrogens is 223 g/mol. The van der Waals surface area contributed by atoms with Crippen LogP contribution in [0.3, 0.4) is 0 Å². The maximum Gasteiger partial charge on any atom is 0.148 e. The minimum atomic E-state index is -0.430. The zero-order chi connectivity index (χ0) is 13.0. The molecule has 4 N–H and O–H groups in total. The molecule has 5 heteroatoms. The van der Waals surface area contributed by atoms with Crippen molar-refractivity contribution in [3.63, 3.8) is 0 Å². The second kappa shape index (κ2) is 5.72. The number of nitrogens with two attached hydrogens (primary N) is 1. The Morgan fingerprint density at radius 2 is 2.12 bits per heavy atom. The quantitative estimate of drug-likeness (QED) is 0.689. The number of halogens is 1. The number of hydrogen-bond donors (Lipinski definition) is 3. The first-order valence-corrected chi connectivity index (χ1v) is 5.50. The number of hydrogen-bond acceptors (Lipinski definition) is 4. The number of anilines is 2. The molecule has 0 bridgehead atoms. The van der Waals surface area contributed by atoms with E-state index in [0.29, 0.717) is 11.4 Å². The maximum absolute atomic E-state index is 13.6. The summed E-state index contributed by atoms with van der Waals surface area (Å²) in [5.41, 5.74) is 6.17. The highest BCUT2D eigenvalue weighted by Gasteiger charge is 2.14. The summed E-state index contributed by atoms with van der Waals surface area (Å²) in [5, 5.41) is 12.0. The van der Waals surface area contributed by atoms with Crippen LogP contribution in [0.15, 0.2) is 12.1 Å². The molecule has 0 amide bonds. The normalized spacial score (nSPS) is 14.2. The summed E-state index contributed by atoms with van der Waals surface area (Å²) in [4.78, 5) is 0. The summed E-state index contributed by atoms with van der Waals surface area (Å²) in [6.45, 7) is 3.80. The highest BCUT2D eigenvalue weighted by molar-refractivity contribution is 5.62. The Bertz CT molecular complexity index is 385. The average molecular weight is 242 g/mol. The summed E-state index contributed by atoms with van der Waals surface area (Å²) >= 11 is 0. The number of aliphatic hydroxyl groups is 1. The van der Waals surface area contributed by atoms with Crippen LogP contribution in [0.2, 0.25) is 0 Å². The predicted molar refractivity (Wildman–Crippen MR) is 66.7 cm³/mol. The fraction of sp³-hybridized carbons (Fsp3) is 0.500. The second-order valence-corrected chi connectivity index (χ2v) is 4.17. The third kappa shape index (κ3) is 3.23. The van der Waals surface area contributed by atoms with E-state index in [4.69, 9.17) is 15.6 Å². The van der Waals surface area contributed by atoms with Gasteiger partial charge in [0.25, 0.3) is 0 Å². The molecule has 0 aliphatic carbocycles. The number of ether oxygens (including phenoxy) is 1. The van der Waals surface area contributed by atoms with Crippen LogP contribution in [-0.4, -0.2) is 24.9 Å². The molecular formula is C12H19FN2O2. The number of methoxy groups -OCH3 is 1. The lowest BCUT2D eigenvalue weighted by molar-refractivity contribution is 0.226. The van der Waals surface area contributed by atoms with Crippen LogP contribution in [0.4, 0.5) is 15.8 Å². The first-order valence-electron chi connectivity index (χ1n) is 5.50. The highest BCUT2D eigenvalue weighted by Crippen LogP contribution is 2.29. The van der Waals surface area contributed by atoms with Gasteiger partial charge < -0.3 is 20.9 Å². The Labute approximate surface area is 101 Å². The molecule has 17 heavy (non-hydrogen) atoms. The van der Waals surface area contributed by atoms with Gasteiger partial charge in [-0.1, -0.05) is 6.92 Å². The molecule has 0 radical (unpaired) electrons. The number of aliphatic hydroxyl groups excluding tert-OH is 1. The van der Waals surface area contributed by atoms with Crippen molar-refractivity contribution in [2.24, 2.45) is 5.92 Å². The van der Waals surface area contributed by atoms with Gasteiger partial charge >= 0.3 is 0 Å². The van der Waals surface area contributed by atoms with Gasteiger partial charge in [-0.2, -0.15) is 0 Å². The van der Waals surface area contributed by atoms with Gasteiger partial charge in [-0.15, -0.1) is 0 Å². The molecule has 1 rings (SSSR count). The van der Waals surface area contributed by atoms with Crippen molar-refractivity contribution in [3.05, 3.63) is 17.9 Å². The summed E-state index contributed by atoms with van der Waals surface area (Å²) in [7, 11) is 1.48. The zero-order valence-corrected chi connectivity index (χ0v) is 10.3. The topological polar surface area (TPSA) is 67.5 Å². The molecule has 2 atom stereocenters. The largest absolute Gasteiger partial charge is 0.495 e. The van der Waals surface area contributed by atoms with Crippen LogP contribution in [0.25, 0.3) is 0 Å². The van der Waals surface area contributed by atoms with E-state index >= 15 is 0 Å². The monoisotopic (exact) mass is 242 g/mol. The molecule has 2 unspecified atom stereocenters. The Hall–Kier alpha value is -1.49. The minimum absolute atomic E-state index is 0.0259. The summed E-state index contributed by atoms with van der Waals surface area (Å²) in [6, 6.07) is 2.69. The van der Waals surface area contributed by atoms with Crippen LogP contribution in [0.1, 0.15) is 13.8 Å². The lowest BCUT2D eigenvalue weighted by Gasteiger charge is -2.21. The van der Waals surface area contributed by atoms with Crippen molar-refractivity contribution in [2.45, 2.75) is 19.9 Å². The standard InChI is InChI=1S/C12H19FN2O2/c1-7(6-16)8(2)15-11-5-12(17-3)10(14)4-9(11)13/h4-5,7-8,15-16H,6,14H2,1-3H3. The van der Waals surface area contributed by atoms with Crippen molar-refractivity contribution in [1.29, 1.82) is 0 Å². The van der Waals surface area contributed by atoms with E-state index in [1.54, 1.807) is 0 Å². The third-order valence-corrected chi connectivity index (χ3v) is 2.84. The van der Waals surface area contributed by atoms with Crippen molar-refractivity contribution in [1.82, 2.24) is 0 Å². The third-order valence-electron chi connectivity index (χ3n) is 2.84. The molecule has 96 valence electrons. The van der Waals surface area contributed by atoms with Crippen molar-refractivity contribution in [3.8, 4) is 5.75 Å². The van der Waals surface area contributed by atoms with Crippen LogP contribution < -0.4 is 15.8 Å². The van der Waals surface area contributed by atoms with Gasteiger partial charge in [-0.25, -0.2) is 4.39 Å². The van der Waals surface area contributed by atoms with Gasteiger partial charge in [0.15, 0.2) is 0 Å². The molecule has 0 aliphatic heterocycles. The smallest absolute Gasteiger partial charge is 0.148 e. The number of nitrogens with one attached hydrogen (secondary N) is 1. The van der Waals surface area contributed by atoms with Crippen molar-refractivity contribution < 1.29 is 14.2 Å². The van der Waals surface area contributed by atoms with E-state index in [1.165, 1.54) is 19.2 Å². The fourth-order valence-electron chi connectivity index (χ4n) is 1.40. The number of rotatable bonds is 5. The molecule has 1 aromatic carbocycles. The summed E-state index contributed by atoms with van der Waals surface area (Å²) in [5.74, 6) is 0.0241. The summed E-state index contributed by atoms with van der Waals surface area (Å²) in [6.07, 6.45) is 0. The maximum atomic E-state index is 13.6. The molecule has 0 aromatic heterocycles. The van der Waals surface area contributed by atoms with Gasteiger partial charge in [0.1, 0.15) is 11.6 Å². The SMILES string of the molecule is COc1cc(NC(C)C(C)CO)c(F)cc1N. The van der Waals surface area contributed by atoms with Crippen molar-refractivity contribution in [2.75, 3.05) is 24.8 Å². The van der Waals surface area contributed by atoms with E-state index in [9.17, 15) is 4.39 Å². The van der Waals surface area contributed by atoms with Crippen LogP contribution in [0.5, 0.6) is 5.75 Å². The zero-order valence-electron chi connectivity index (χ0n) is 10.3. The van der Waals surface area contributed by atoms with Gasteiger partial charge in [0.2, 0.25) is 0 Å². The Balaban J connectivity index is 2.91. The molecule has 4 nitrogen and oxygen atoms in total. The molecule has 1 aromatic rings. The van der Waals surface area contributed by atoms with Gasteiger partial charge in [-0.3, -0.25) is 0 Å². The van der Waals surface area contributed by atoms with Gasteiger partial charge in [-0.05, 0) is 12.8 Å². The molecule has 0 aliphatic rings. The molecule has 0 fully saturated rings. The fourth-order valence-corrected chi connectivity index (χ4v) is 1.40. The van der Waals surface area contributed by atoms with Crippen LogP contribution >= 0.6 is 0 Å². The number of nitrogen functional groups attached to an aromatic ring is 1. The van der Waals surface area contributed by atoms with Crippen LogP contribution in [0, 0.1) is 11.7 Å². The van der Waals surface area contributed by atoms with E-state index < -0.39 is 5.82 Å². The summed E-state index contributed by atoms with van der Waals surface area (Å²) < 4.78 is 18.7. The molecule has 0 saturated heterocycles. The van der Waals surface area contributed by atoms with Gasteiger partial charge in [0, 0.05) is 24.8 Å². The molecule has 0 spiro atoms. The van der Waals surface area contributed by atoms with Gasteiger partial charge in [0.05, 0.1) is 18.5 Å². The molecule has 0 saturated carbocycles. The Morgan fingerprint density at radius 1 is 1.47 bits per heavy atom. The number of benzene rings is 1. The van der Waals surface area contributed by atoms with E-state index in [1.807, 2.05) is 13.8 Å².